The maximum atomic E-state index is 12.9. The van der Waals surface area contributed by atoms with Crippen LogP contribution in [0, 0.1) is 6.92 Å². The van der Waals surface area contributed by atoms with E-state index in [9.17, 15) is 13.2 Å². The lowest BCUT2D eigenvalue weighted by Gasteiger charge is -2.24. The van der Waals surface area contributed by atoms with Crippen molar-refractivity contribution >= 4 is 44.9 Å². The van der Waals surface area contributed by atoms with Crippen molar-refractivity contribution in [1.82, 2.24) is 0 Å². The maximum Gasteiger partial charge on any atom is 0.326 e. The second kappa shape index (κ2) is 7.42. The molecule has 0 radical (unpaired) electrons. The molecule has 0 atom stereocenters. The fourth-order valence-electron chi connectivity index (χ4n) is 2.01. The van der Waals surface area contributed by atoms with E-state index in [4.69, 9.17) is 23.2 Å². The molecule has 0 saturated heterocycles. The highest BCUT2D eigenvalue weighted by Gasteiger charge is 2.27. The number of rotatable bonds is 5. The third kappa shape index (κ3) is 4.01. The summed E-state index contributed by atoms with van der Waals surface area (Å²) in [5.74, 6) is -0.680. The highest BCUT2D eigenvalue weighted by Crippen LogP contribution is 2.28. The number of sulfonamides is 1. The number of ether oxygens (including phenoxy) is 1. The fraction of sp³-hybridized carbons (Fsp3) is 0.188. The quantitative estimate of drug-likeness (QED) is 0.734. The minimum Gasteiger partial charge on any atom is -0.468 e. The largest absolute Gasteiger partial charge is 0.468 e. The van der Waals surface area contributed by atoms with Gasteiger partial charge in [-0.15, -0.1) is 0 Å². The van der Waals surface area contributed by atoms with E-state index in [0.29, 0.717) is 21.3 Å². The van der Waals surface area contributed by atoms with Gasteiger partial charge in [0.2, 0.25) is 0 Å². The van der Waals surface area contributed by atoms with E-state index in [0.717, 1.165) is 4.31 Å². The molecule has 0 amide bonds. The van der Waals surface area contributed by atoms with Gasteiger partial charge in [0.15, 0.2) is 0 Å². The van der Waals surface area contributed by atoms with Crippen molar-refractivity contribution in [2.75, 3.05) is 18.0 Å². The third-order valence-electron chi connectivity index (χ3n) is 3.33. The van der Waals surface area contributed by atoms with E-state index in [2.05, 4.69) is 4.74 Å². The number of nitrogens with zero attached hydrogens (tertiary/aromatic N) is 1. The third-order valence-corrected chi connectivity index (χ3v) is 5.80. The first-order chi connectivity index (χ1) is 11.3. The standard InChI is InChI=1S/C16H15Cl2NO4S/c1-11-9-13(5-8-15(11)18)19(10-16(20)23-2)24(21,22)14-6-3-12(17)4-7-14/h3-9H,10H2,1-2H3. The number of methoxy groups -OCH3 is 1. The van der Waals surface area contributed by atoms with Crippen LogP contribution in [0.5, 0.6) is 0 Å². The SMILES string of the molecule is COC(=O)CN(c1ccc(Cl)c(C)c1)S(=O)(=O)c1ccc(Cl)cc1. The van der Waals surface area contributed by atoms with Crippen LogP contribution in [0.15, 0.2) is 47.4 Å². The lowest BCUT2D eigenvalue weighted by Crippen LogP contribution is -2.36. The molecule has 0 aliphatic rings. The molecule has 128 valence electrons. The fourth-order valence-corrected chi connectivity index (χ4v) is 3.66. The molecule has 0 aromatic heterocycles. The monoisotopic (exact) mass is 387 g/mol. The molecule has 2 rings (SSSR count). The summed E-state index contributed by atoms with van der Waals surface area (Å²) in [7, 11) is -2.78. The van der Waals surface area contributed by atoms with Crippen LogP contribution in [0.3, 0.4) is 0 Å². The lowest BCUT2D eigenvalue weighted by molar-refractivity contribution is -0.138. The minimum absolute atomic E-state index is 0.0170. The number of aryl methyl sites for hydroxylation is 1. The van der Waals surface area contributed by atoms with Crippen LogP contribution >= 0.6 is 23.2 Å². The molecule has 0 N–H and O–H groups in total. The van der Waals surface area contributed by atoms with E-state index < -0.39 is 22.5 Å². The summed E-state index contributed by atoms with van der Waals surface area (Å²) in [4.78, 5) is 11.7. The van der Waals surface area contributed by atoms with E-state index in [-0.39, 0.29) is 4.90 Å². The van der Waals surface area contributed by atoms with E-state index in [1.54, 1.807) is 19.1 Å². The van der Waals surface area contributed by atoms with Crippen LogP contribution in [0.25, 0.3) is 0 Å². The number of hydrogen-bond acceptors (Lipinski definition) is 4. The molecule has 2 aromatic carbocycles. The molecule has 0 spiro atoms. The van der Waals surface area contributed by atoms with E-state index in [1.807, 2.05) is 0 Å². The van der Waals surface area contributed by atoms with Crippen molar-refractivity contribution in [2.45, 2.75) is 11.8 Å². The Labute approximate surface area is 150 Å². The summed E-state index contributed by atoms with van der Waals surface area (Å²) < 4.78 is 31.5. The molecule has 8 heteroatoms. The summed E-state index contributed by atoms with van der Waals surface area (Å²) >= 11 is 11.8. The Bertz CT molecular complexity index is 851. The number of esters is 1. The second-order valence-corrected chi connectivity index (χ2v) is 7.68. The Kier molecular flexibility index (Phi) is 5.74. The molecule has 2 aromatic rings. The topological polar surface area (TPSA) is 63.7 Å². The molecule has 0 heterocycles. The van der Waals surface area contributed by atoms with E-state index >= 15 is 0 Å². The van der Waals surface area contributed by atoms with Gasteiger partial charge in [-0.3, -0.25) is 9.10 Å². The zero-order chi connectivity index (χ0) is 17.9. The van der Waals surface area contributed by atoms with Crippen molar-refractivity contribution in [1.29, 1.82) is 0 Å². The zero-order valence-electron chi connectivity index (χ0n) is 13.0. The van der Waals surface area contributed by atoms with Crippen LogP contribution in [-0.4, -0.2) is 28.0 Å². The average Bonchev–Trinajstić information content (AvgIpc) is 2.55. The van der Waals surface area contributed by atoms with Crippen molar-refractivity contribution in [3.8, 4) is 0 Å². The Hall–Kier alpha value is -1.76. The Morgan fingerprint density at radius 2 is 1.75 bits per heavy atom. The van der Waals surface area contributed by atoms with Crippen LogP contribution in [0.1, 0.15) is 5.56 Å². The summed E-state index contributed by atoms with van der Waals surface area (Å²) in [5.41, 5.74) is 1.01. The summed E-state index contributed by atoms with van der Waals surface area (Å²) in [6.07, 6.45) is 0. The summed E-state index contributed by atoms with van der Waals surface area (Å²) in [6.45, 7) is 1.29. The molecule has 0 bridgehead atoms. The molecule has 24 heavy (non-hydrogen) atoms. The molecular formula is C16H15Cl2NO4S. The van der Waals surface area contributed by atoms with Crippen molar-refractivity contribution < 1.29 is 17.9 Å². The summed E-state index contributed by atoms with van der Waals surface area (Å²) in [6, 6.07) is 10.4. The summed E-state index contributed by atoms with van der Waals surface area (Å²) in [5, 5.41) is 0.913. The van der Waals surface area contributed by atoms with Crippen molar-refractivity contribution in [3.63, 3.8) is 0 Å². The molecule has 0 saturated carbocycles. The Morgan fingerprint density at radius 3 is 2.29 bits per heavy atom. The lowest BCUT2D eigenvalue weighted by atomic mass is 10.2. The predicted octanol–water partition coefficient (Wildman–Crippen LogP) is 3.67. The van der Waals surface area contributed by atoms with Crippen molar-refractivity contribution in [2.24, 2.45) is 0 Å². The smallest absolute Gasteiger partial charge is 0.326 e. The first-order valence-electron chi connectivity index (χ1n) is 6.87. The molecular weight excluding hydrogens is 373 g/mol. The van der Waals surface area contributed by atoms with Crippen molar-refractivity contribution in [3.05, 3.63) is 58.1 Å². The first kappa shape index (κ1) is 18.6. The van der Waals surface area contributed by atoms with Gasteiger partial charge in [-0.25, -0.2) is 8.42 Å². The van der Waals surface area contributed by atoms with Gasteiger partial charge in [0.25, 0.3) is 10.0 Å². The van der Waals surface area contributed by atoms with Gasteiger partial charge in [-0.2, -0.15) is 0 Å². The Morgan fingerprint density at radius 1 is 1.12 bits per heavy atom. The normalized spacial score (nSPS) is 11.2. The molecule has 0 aliphatic heterocycles. The molecule has 0 fully saturated rings. The van der Waals surface area contributed by atoms with Crippen LogP contribution in [0.2, 0.25) is 10.0 Å². The molecule has 0 aliphatic carbocycles. The van der Waals surface area contributed by atoms with Gasteiger partial charge in [-0.1, -0.05) is 23.2 Å². The van der Waals surface area contributed by atoms with Gasteiger partial charge in [-0.05, 0) is 55.0 Å². The molecule has 0 unspecified atom stereocenters. The number of carbonyl (C=O) groups is 1. The number of carbonyl (C=O) groups excluding carboxylic acids is 1. The number of benzene rings is 2. The predicted molar refractivity (Wildman–Crippen MR) is 94.2 cm³/mol. The number of halogens is 2. The molecule has 5 nitrogen and oxygen atoms in total. The van der Waals surface area contributed by atoms with Gasteiger partial charge in [0.05, 0.1) is 17.7 Å². The van der Waals surface area contributed by atoms with Gasteiger partial charge < -0.3 is 4.74 Å². The highest BCUT2D eigenvalue weighted by molar-refractivity contribution is 7.92. The Balaban J connectivity index is 2.54. The van der Waals surface area contributed by atoms with Gasteiger partial charge in [0.1, 0.15) is 6.54 Å². The highest BCUT2D eigenvalue weighted by atomic mass is 35.5. The number of hydrogen-bond donors (Lipinski definition) is 0. The maximum absolute atomic E-state index is 12.9. The van der Waals surface area contributed by atoms with Crippen LogP contribution in [0.4, 0.5) is 5.69 Å². The van der Waals surface area contributed by atoms with Crippen LogP contribution < -0.4 is 4.31 Å². The second-order valence-electron chi connectivity index (χ2n) is 4.98. The first-order valence-corrected chi connectivity index (χ1v) is 9.06. The van der Waals surface area contributed by atoms with Gasteiger partial charge in [0, 0.05) is 10.0 Å². The van der Waals surface area contributed by atoms with E-state index in [1.165, 1.54) is 37.4 Å². The van der Waals surface area contributed by atoms with Gasteiger partial charge >= 0.3 is 5.97 Å². The minimum atomic E-state index is -3.97. The zero-order valence-corrected chi connectivity index (χ0v) is 15.3. The number of anilines is 1. The van der Waals surface area contributed by atoms with Crippen LogP contribution in [-0.2, 0) is 19.6 Å². The average molecular weight is 388 g/mol.